The molecule has 1 heterocycles. The third-order valence-corrected chi connectivity index (χ3v) is 11.8. The lowest BCUT2D eigenvalue weighted by Crippen LogP contribution is -2.11. The molecule has 0 aliphatic rings. The van der Waals surface area contributed by atoms with Crippen molar-refractivity contribution in [1.82, 2.24) is 4.57 Å². The molecule has 1 aromatic heterocycles. The minimum Gasteiger partial charge on any atom is -0.310 e. The maximum atomic E-state index is 2.39. The van der Waals surface area contributed by atoms with Gasteiger partial charge in [0.05, 0.1) is 16.7 Å². The van der Waals surface area contributed by atoms with Crippen molar-refractivity contribution < 1.29 is 0 Å². The molecule has 0 saturated carbocycles. The van der Waals surface area contributed by atoms with Gasteiger partial charge in [-0.3, -0.25) is 0 Å². The second kappa shape index (κ2) is 15.1. The maximum Gasteiger partial charge on any atom is 0.0541 e. The normalized spacial score (nSPS) is 11.3. The van der Waals surface area contributed by atoms with Crippen LogP contribution in [0.5, 0.6) is 0 Å². The lowest BCUT2D eigenvalue weighted by Gasteiger charge is -2.28. The van der Waals surface area contributed by atoms with E-state index in [-0.39, 0.29) is 0 Å². The van der Waals surface area contributed by atoms with Crippen molar-refractivity contribution in [2.45, 2.75) is 0 Å². The molecule has 60 heavy (non-hydrogen) atoms. The molecule has 10 aromatic carbocycles. The first-order chi connectivity index (χ1) is 29.8. The second-order valence-corrected chi connectivity index (χ2v) is 15.3. The molecule has 0 unspecified atom stereocenters. The van der Waals surface area contributed by atoms with E-state index in [1.165, 1.54) is 77.1 Å². The average molecular weight is 765 g/mol. The standard InChI is InChI=1S/C58H40N2/c1-3-15-43(16-4-1)49-39-40-50(53-21-8-7-20-52(49)53)45-31-37-47(38-32-45)59(56-24-12-9-19-51(56)44-17-5-2-6-18-44)46-33-27-41(28-34-46)42-29-35-48(36-30-42)60-57-25-13-10-22-54(57)55-23-11-14-26-58(55)60/h1-40H. The first kappa shape index (κ1) is 35.2. The molecule has 2 heteroatoms. The van der Waals surface area contributed by atoms with Gasteiger partial charge in [0.25, 0.3) is 0 Å². The average Bonchev–Trinajstić information content (AvgIpc) is 3.67. The molecule has 0 aliphatic heterocycles. The fourth-order valence-corrected chi connectivity index (χ4v) is 8.97. The van der Waals surface area contributed by atoms with E-state index in [4.69, 9.17) is 0 Å². The van der Waals surface area contributed by atoms with Crippen LogP contribution in [0.2, 0.25) is 0 Å². The fraction of sp³-hybridized carbons (Fsp3) is 0. The predicted molar refractivity (Wildman–Crippen MR) is 255 cm³/mol. The van der Waals surface area contributed by atoms with Crippen LogP contribution in [0.3, 0.4) is 0 Å². The number of hydrogen-bond donors (Lipinski definition) is 0. The number of anilines is 3. The molecule has 0 amide bonds. The molecule has 0 fully saturated rings. The highest BCUT2D eigenvalue weighted by Gasteiger charge is 2.18. The van der Waals surface area contributed by atoms with Crippen LogP contribution in [0.25, 0.3) is 82.8 Å². The Bertz CT molecular complexity index is 3220. The van der Waals surface area contributed by atoms with E-state index in [0.29, 0.717) is 0 Å². The molecule has 0 radical (unpaired) electrons. The van der Waals surface area contributed by atoms with Crippen molar-refractivity contribution in [2.24, 2.45) is 0 Å². The minimum atomic E-state index is 1.09. The molecule has 11 aromatic rings. The summed E-state index contributed by atoms with van der Waals surface area (Å²) in [6.07, 6.45) is 0. The first-order valence-corrected chi connectivity index (χ1v) is 20.6. The molecule has 0 atom stereocenters. The van der Waals surface area contributed by atoms with Gasteiger partial charge in [0, 0.05) is 33.4 Å². The Hall–Kier alpha value is -7.94. The van der Waals surface area contributed by atoms with Gasteiger partial charge in [-0.15, -0.1) is 0 Å². The van der Waals surface area contributed by atoms with Crippen molar-refractivity contribution >= 4 is 49.6 Å². The summed E-state index contributed by atoms with van der Waals surface area (Å²) < 4.78 is 2.37. The van der Waals surface area contributed by atoms with E-state index >= 15 is 0 Å². The number of rotatable bonds is 8. The number of hydrogen-bond acceptors (Lipinski definition) is 1. The minimum absolute atomic E-state index is 1.09. The van der Waals surface area contributed by atoms with Crippen LogP contribution >= 0.6 is 0 Å². The molecule has 0 N–H and O–H groups in total. The topological polar surface area (TPSA) is 8.17 Å². The summed E-state index contributed by atoms with van der Waals surface area (Å²) >= 11 is 0. The van der Waals surface area contributed by atoms with Crippen molar-refractivity contribution in [3.63, 3.8) is 0 Å². The van der Waals surface area contributed by atoms with Crippen molar-refractivity contribution in [3.05, 3.63) is 243 Å². The van der Waals surface area contributed by atoms with Crippen molar-refractivity contribution in [3.8, 4) is 50.2 Å². The Kier molecular flexibility index (Phi) is 8.87. The van der Waals surface area contributed by atoms with Gasteiger partial charge in [-0.2, -0.15) is 0 Å². The Morgan fingerprint density at radius 3 is 1.17 bits per heavy atom. The molecule has 0 saturated heterocycles. The number of benzene rings is 10. The predicted octanol–water partition coefficient (Wildman–Crippen LogP) is 16.1. The van der Waals surface area contributed by atoms with E-state index < -0.39 is 0 Å². The Morgan fingerprint density at radius 2 is 0.633 bits per heavy atom. The molecular weight excluding hydrogens is 725 g/mol. The number of nitrogens with zero attached hydrogens (tertiary/aromatic N) is 2. The molecule has 0 bridgehead atoms. The molecular formula is C58H40N2. The van der Waals surface area contributed by atoms with Gasteiger partial charge in [-0.05, 0) is 104 Å². The van der Waals surface area contributed by atoms with Gasteiger partial charge in [0.2, 0.25) is 0 Å². The molecule has 11 rings (SSSR count). The highest BCUT2D eigenvalue weighted by Crippen LogP contribution is 2.43. The zero-order valence-electron chi connectivity index (χ0n) is 33.0. The van der Waals surface area contributed by atoms with Crippen LogP contribution in [0.15, 0.2) is 243 Å². The van der Waals surface area contributed by atoms with Crippen LogP contribution in [-0.2, 0) is 0 Å². The summed E-state index contributed by atoms with van der Waals surface area (Å²) in [7, 11) is 0. The Labute approximate surface area is 350 Å². The van der Waals surface area contributed by atoms with Gasteiger partial charge in [0.1, 0.15) is 0 Å². The summed E-state index contributed by atoms with van der Waals surface area (Å²) in [4.78, 5) is 2.39. The third kappa shape index (κ3) is 6.23. The van der Waals surface area contributed by atoms with E-state index in [0.717, 1.165) is 22.7 Å². The van der Waals surface area contributed by atoms with Gasteiger partial charge < -0.3 is 9.47 Å². The summed E-state index contributed by atoms with van der Waals surface area (Å²) in [5.74, 6) is 0. The molecule has 2 nitrogen and oxygen atoms in total. The highest BCUT2D eigenvalue weighted by molar-refractivity contribution is 6.09. The van der Waals surface area contributed by atoms with Crippen molar-refractivity contribution in [1.29, 1.82) is 0 Å². The summed E-state index contributed by atoms with van der Waals surface area (Å²) in [6, 6.07) is 87.7. The lowest BCUT2D eigenvalue weighted by atomic mass is 9.92. The molecule has 0 spiro atoms. The van der Waals surface area contributed by atoms with Crippen LogP contribution in [0.1, 0.15) is 0 Å². The zero-order valence-corrected chi connectivity index (χ0v) is 33.0. The Morgan fingerprint density at radius 1 is 0.250 bits per heavy atom. The highest BCUT2D eigenvalue weighted by atomic mass is 15.1. The van der Waals surface area contributed by atoms with Gasteiger partial charge in [-0.25, -0.2) is 0 Å². The number of fused-ring (bicyclic) bond motifs is 4. The van der Waals surface area contributed by atoms with Crippen LogP contribution in [-0.4, -0.2) is 4.57 Å². The third-order valence-electron chi connectivity index (χ3n) is 11.8. The van der Waals surface area contributed by atoms with Crippen LogP contribution in [0, 0.1) is 0 Å². The van der Waals surface area contributed by atoms with E-state index in [9.17, 15) is 0 Å². The maximum absolute atomic E-state index is 2.39. The number of para-hydroxylation sites is 3. The first-order valence-electron chi connectivity index (χ1n) is 20.6. The lowest BCUT2D eigenvalue weighted by molar-refractivity contribution is 1.18. The van der Waals surface area contributed by atoms with E-state index in [1.54, 1.807) is 0 Å². The Balaban J connectivity index is 0.969. The summed E-state index contributed by atoms with van der Waals surface area (Å²) in [5.41, 5.74) is 16.5. The molecule has 282 valence electrons. The van der Waals surface area contributed by atoms with Crippen LogP contribution in [0.4, 0.5) is 17.1 Å². The smallest absolute Gasteiger partial charge is 0.0541 e. The summed E-state index contributed by atoms with van der Waals surface area (Å²) in [6.45, 7) is 0. The van der Waals surface area contributed by atoms with E-state index in [2.05, 4.69) is 252 Å². The van der Waals surface area contributed by atoms with E-state index in [1.807, 2.05) is 0 Å². The SMILES string of the molecule is c1ccc(-c2ccccc2N(c2ccc(-c3ccc(-n4c5ccccc5c5ccccc54)cc3)cc2)c2ccc(-c3ccc(-c4ccccc4)c4ccccc34)cc2)cc1. The quantitative estimate of drug-likeness (QED) is 0.150. The monoisotopic (exact) mass is 764 g/mol. The second-order valence-electron chi connectivity index (χ2n) is 15.3. The van der Waals surface area contributed by atoms with Gasteiger partial charge in [-0.1, -0.05) is 188 Å². The van der Waals surface area contributed by atoms with Gasteiger partial charge >= 0.3 is 0 Å². The largest absolute Gasteiger partial charge is 0.310 e. The fourth-order valence-electron chi connectivity index (χ4n) is 8.97. The van der Waals surface area contributed by atoms with Gasteiger partial charge in [0.15, 0.2) is 0 Å². The van der Waals surface area contributed by atoms with Crippen molar-refractivity contribution in [2.75, 3.05) is 4.90 Å². The van der Waals surface area contributed by atoms with Crippen LogP contribution < -0.4 is 4.90 Å². The number of aromatic nitrogens is 1. The summed E-state index contributed by atoms with van der Waals surface area (Å²) in [5, 5.41) is 5.04. The zero-order chi connectivity index (χ0) is 39.8. The molecule has 0 aliphatic carbocycles.